The molecule has 2 nitrogen and oxygen atoms in total. The van der Waals surface area contributed by atoms with Crippen molar-refractivity contribution in [2.24, 2.45) is 0 Å². The zero-order chi connectivity index (χ0) is 15.5. The molecule has 0 amide bonds. The average Bonchev–Trinajstić information content (AvgIpc) is 2.80. The predicted octanol–water partition coefficient (Wildman–Crippen LogP) is 5.29. The highest BCUT2D eigenvalue weighted by molar-refractivity contribution is 9.10. The molecule has 1 heterocycles. The Morgan fingerprint density at radius 1 is 1.29 bits per heavy atom. The molecular formula is C17H22BrNOS. The maximum atomic E-state index is 6.08. The fourth-order valence-corrected chi connectivity index (χ4v) is 3.35. The summed E-state index contributed by atoms with van der Waals surface area (Å²) in [6.45, 7) is 10.0. The minimum atomic E-state index is 0.0969. The molecule has 0 bridgehead atoms. The topological polar surface area (TPSA) is 21.3 Å². The summed E-state index contributed by atoms with van der Waals surface area (Å²) in [4.78, 5) is 1.22. The molecule has 0 unspecified atom stereocenters. The van der Waals surface area contributed by atoms with Crippen LogP contribution in [0.2, 0.25) is 0 Å². The van der Waals surface area contributed by atoms with E-state index in [2.05, 4.69) is 78.6 Å². The molecule has 0 fully saturated rings. The number of hydrogen-bond acceptors (Lipinski definition) is 3. The maximum Gasteiger partial charge on any atom is 0.127 e. The normalized spacial score (nSPS) is 11.7. The van der Waals surface area contributed by atoms with Gasteiger partial charge in [-0.3, -0.25) is 0 Å². The molecule has 4 heteroatoms. The lowest BCUT2D eigenvalue weighted by atomic mass is 10.1. The Hall–Kier alpha value is -0.840. The maximum absolute atomic E-state index is 6.08. The molecule has 114 valence electrons. The van der Waals surface area contributed by atoms with Crippen LogP contribution in [0.4, 0.5) is 0 Å². The highest BCUT2D eigenvalue weighted by Crippen LogP contribution is 2.27. The molecule has 1 N–H and O–H groups in total. The number of ether oxygens (including phenoxy) is 1. The minimum absolute atomic E-state index is 0.0969. The van der Waals surface area contributed by atoms with E-state index in [9.17, 15) is 0 Å². The van der Waals surface area contributed by atoms with Crippen molar-refractivity contribution in [2.45, 2.75) is 46.4 Å². The first-order valence-electron chi connectivity index (χ1n) is 7.04. The molecule has 0 aliphatic heterocycles. The summed E-state index contributed by atoms with van der Waals surface area (Å²) < 4.78 is 7.20. The van der Waals surface area contributed by atoms with Gasteiger partial charge in [-0.1, -0.05) is 18.2 Å². The van der Waals surface area contributed by atoms with Gasteiger partial charge in [-0.05, 0) is 55.3 Å². The summed E-state index contributed by atoms with van der Waals surface area (Å²) in [5.41, 5.74) is 2.49. The van der Waals surface area contributed by atoms with E-state index in [-0.39, 0.29) is 5.54 Å². The van der Waals surface area contributed by atoms with Crippen molar-refractivity contribution in [3.8, 4) is 5.75 Å². The fraction of sp³-hybridized carbons (Fsp3) is 0.412. The second-order valence-corrected chi connectivity index (χ2v) is 8.10. The van der Waals surface area contributed by atoms with E-state index in [1.165, 1.54) is 16.0 Å². The Balaban J connectivity index is 2.10. The Labute approximate surface area is 139 Å². The molecule has 0 saturated carbocycles. The molecule has 0 radical (unpaired) electrons. The lowest BCUT2D eigenvalue weighted by Crippen LogP contribution is -2.35. The van der Waals surface area contributed by atoms with Crippen molar-refractivity contribution in [1.29, 1.82) is 0 Å². The zero-order valence-corrected chi connectivity index (χ0v) is 15.4. The van der Waals surface area contributed by atoms with Crippen LogP contribution in [-0.2, 0) is 13.2 Å². The highest BCUT2D eigenvalue weighted by Gasteiger charge is 2.12. The molecule has 1 aromatic carbocycles. The molecule has 0 saturated heterocycles. The van der Waals surface area contributed by atoms with E-state index in [4.69, 9.17) is 4.74 Å². The zero-order valence-electron chi connectivity index (χ0n) is 13.0. The number of benzene rings is 1. The van der Waals surface area contributed by atoms with Gasteiger partial charge in [-0.15, -0.1) is 11.3 Å². The lowest BCUT2D eigenvalue weighted by molar-refractivity contribution is 0.301. The Morgan fingerprint density at radius 2 is 2.05 bits per heavy atom. The number of hydrogen-bond donors (Lipinski definition) is 1. The molecule has 21 heavy (non-hydrogen) atoms. The molecule has 0 aliphatic rings. The Kier molecular flexibility index (Phi) is 5.47. The molecule has 0 atom stereocenters. The number of rotatable bonds is 5. The van der Waals surface area contributed by atoms with E-state index in [1.54, 1.807) is 11.3 Å². The molecule has 2 rings (SSSR count). The van der Waals surface area contributed by atoms with Gasteiger partial charge in [0.15, 0.2) is 0 Å². The third-order valence-corrected chi connectivity index (χ3v) is 4.75. The lowest BCUT2D eigenvalue weighted by Gasteiger charge is -2.22. The van der Waals surface area contributed by atoms with E-state index < -0.39 is 0 Å². The van der Waals surface area contributed by atoms with Gasteiger partial charge < -0.3 is 10.1 Å². The van der Waals surface area contributed by atoms with Crippen molar-refractivity contribution in [2.75, 3.05) is 0 Å². The molecule has 0 spiro atoms. The monoisotopic (exact) mass is 367 g/mol. The first-order chi connectivity index (χ1) is 9.85. The quantitative estimate of drug-likeness (QED) is 0.775. The number of aryl methyl sites for hydroxylation is 1. The summed E-state index contributed by atoms with van der Waals surface area (Å²) >= 11 is 5.19. The minimum Gasteiger partial charge on any atom is -0.487 e. The van der Waals surface area contributed by atoms with Crippen LogP contribution in [0.3, 0.4) is 0 Å². The smallest absolute Gasteiger partial charge is 0.127 e. The average molecular weight is 368 g/mol. The van der Waals surface area contributed by atoms with Gasteiger partial charge >= 0.3 is 0 Å². The highest BCUT2D eigenvalue weighted by atomic mass is 79.9. The van der Waals surface area contributed by atoms with Gasteiger partial charge in [-0.2, -0.15) is 0 Å². The van der Waals surface area contributed by atoms with Crippen LogP contribution in [0, 0.1) is 6.92 Å². The van der Waals surface area contributed by atoms with Gasteiger partial charge in [-0.25, -0.2) is 0 Å². The summed E-state index contributed by atoms with van der Waals surface area (Å²) in [6.07, 6.45) is 0. The molecule has 1 aromatic heterocycles. The van der Waals surface area contributed by atoms with Crippen LogP contribution in [0.5, 0.6) is 5.75 Å². The number of nitrogens with one attached hydrogen (secondary N) is 1. The second kappa shape index (κ2) is 6.95. The SMILES string of the molecule is Cc1cccc(CNC(C)(C)C)c1OCc1cc(Br)cs1. The molecule has 0 aliphatic carbocycles. The molecule has 2 aromatic rings. The van der Waals surface area contributed by atoms with Crippen LogP contribution in [0.25, 0.3) is 0 Å². The summed E-state index contributed by atoms with van der Waals surface area (Å²) in [5.74, 6) is 0.999. The van der Waals surface area contributed by atoms with E-state index in [0.29, 0.717) is 6.61 Å². The predicted molar refractivity (Wildman–Crippen MR) is 94.1 cm³/mol. The van der Waals surface area contributed by atoms with Crippen LogP contribution >= 0.6 is 27.3 Å². The standard InChI is InChI=1S/C17H22BrNOS/c1-12-6-5-7-13(9-19-17(2,3)4)16(12)20-10-15-8-14(18)11-21-15/h5-8,11,19H,9-10H2,1-4H3. The van der Waals surface area contributed by atoms with E-state index in [1.807, 2.05) is 0 Å². The van der Waals surface area contributed by atoms with Crippen LogP contribution in [0.1, 0.15) is 36.8 Å². The molecular weight excluding hydrogens is 346 g/mol. The van der Waals surface area contributed by atoms with Gasteiger partial charge in [0.2, 0.25) is 0 Å². The van der Waals surface area contributed by atoms with Gasteiger partial charge in [0.25, 0.3) is 0 Å². The van der Waals surface area contributed by atoms with Crippen molar-refractivity contribution in [3.05, 3.63) is 50.1 Å². The number of halogens is 1. The number of thiophene rings is 1. The van der Waals surface area contributed by atoms with E-state index >= 15 is 0 Å². The largest absolute Gasteiger partial charge is 0.487 e. The fourth-order valence-electron chi connectivity index (χ4n) is 1.99. The summed E-state index contributed by atoms with van der Waals surface area (Å²) in [7, 11) is 0. The number of para-hydroxylation sites is 1. The first-order valence-corrected chi connectivity index (χ1v) is 8.71. The van der Waals surface area contributed by atoms with E-state index in [0.717, 1.165) is 16.8 Å². The van der Waals surface area contributed by atoms with Gasteiger partial charge in [0.1, 0.15) is 12.4 Å². The Morgan fingerprint density at radius 3 is 2.67 bits per heavy atom. The summed E-state index contributed by atoms with van der Waals surface area (Å²) in [6, 6.07) is 8.42. The first kappa shape index (κ1) is 16.5. The van der Waals surface area contributed by atoms with Crippen molar-refractivity contribution >= 4 is 27.3 Å². The third-order valence-electron chi connectivity index (χ3n) is 3.08. The van der Waals surface area contributed by atoms with Crippen LogP contribution in [-0.4, -0.2) is 5.54 Å². The van der Waals surface area contributed by atoms with Crippen molar-refractivity contribution < 1.29 is 4.74 Å². The van der Waals surface area contributed by atoms with Crippen molar-refractivity contribution in [3.63, 3.8) is 0 Å². The van der Waals surface area contributed by atoms with Gasteiger partial charge in [0.05, 0.1) is 0 Å². The second-order valence-electron chi connectivity index (χ2n) is 6.19. The van der Waals surface area contributed by atoms with Gasteiger partial charge in [0, 0.05) is 32.4 Å². The summed E-state index contributed by atoms with van der Waals surface area (Å²) in [5, 5.41) is 5.61. The van der Waals surface area contributed by atoms with Crippen LogP contribution < -0.4 is 10.1 Å². The third kappa shape index (κ3) is 5.13. The van der Waals surface area contributed by atoms with Crippen molar-refractivity contribution in [1.82, 2.24) is 5.32 Å². The van der Waals surface area contributed by atoms with Crippen LogP contribution in [0.15, 0.2) is 34.1 Å². The Bertz CT molecular complexity index is 601.